The highest BCUT2D eigenvalue weighted by Crippen LogP contribution is 2.27. The van der Waals surface area contributed by atoms with Crippen molar-refractivity contribution in [3.8, 4) is 0 Å². The molecule has 1 aliphatic heterocycles. The number of carbonyl (C=O) groups is 1. The topological polar surface area (TPSA) is 55.8 Å². The Morgan fingerprint density at radius 2 is 2.35 bits per heavy atom. The lowest BCUT2D eigenvalue weighted by molar-refractivity contribution is -0.152. The molecule has 0 spiro atoms. The highest BCUT2D eigenvalue weighted by Gasteiger charge is 2.22. The molecule has 0 radical (unpaired) electrons. The van der Waals surface area contributed by atoms with E-state index in [1.165, 1.54) is 12.5 Å². The van der Waals surface area contributed by atoms with Crippen LogP contribution in [0.4, 0.5) is 0 Å². The molecule has 1 aromatic rings. The average Bonchev–Trinajstić information content (AvgIpc) is 2.35. The van der Waals surface area contributed by atoms with E-state index in [9.17, 15) is 4.79 Å². The molecule has 0 aromatic heterocycles. The van der Waals surface area contributed by atoms with Crippen molar-refractivity contribution >= 4 is 5.97 Å². The Labute approximate surface area is 100 Å². The van der Waals surface area contributed by atoms with Crippen LogP contribution in [0.3, 0.4) is 0 Å². The number of aliphatic carboxylic acids is 1. The summed E-state index contributed by atoms with van der Waals surface area (Å²) in [4.78, 5) is 10.7. The van der Waals surface area contributed by atoms with E-state index in [0.717, 1.165) is 12.0 Å². The third kappa shape index (κ3) is 2.84. The van der Waals surface area contributed by atoms with Gasteiger partial charge in [-0.05, 0) is 24.5 Å². The predicted molar refractivity (Wildman–Crippen MR) is 61.9 cm³/mol. The van der Waals surface area contributed by atoms with Crippen LogP contribution in [-0.4, -0.2) is 30.4 Å². The van der Waals surface area contributed by atoms with Crippen molar-refractivity contribution in [2.24, 2.45) is 0 Å². The van der Waals surface area contributed by atoms with Crippen molar-refractivity contribution < 1.29 is 19.4 Å². The SMILES string of the molecule is C[C@@H](OCC1OCCc2ccccc21)C(=O)O. The Morgan fingerprint density at radius 1 is 1.59 bits per heavy atom. The van der Waals surface area contributed by atoms with E-state index in [1.54, 1.807) is 0 Å². The Balaban J connectivity index is 2.01. The van der Waals surface area contributed by atoms with Gasteiger partial charge in [0.05, 0.1) is 13.2 Å². The molecule has 2 rings (SSSR count). The number of carboxylic acids is 1. The molecule has 4 heteroatoms. The number of fused-ring (bicyclic) bond motifs is 1. The Morgan fingerprint density at radius 3 is 3.12 bits per heavy atom. The molecular formula is C13H16O4. The molecular weight excluding hydrogens is 220 g/mol. The number of hydrogen-bond acceptors (Lipinski definition) is 3. The second kappa shape index (κ2) is 5.29. The first-order chi connectivity index (χ1) is 8.18. The molecule has 1 N–H and O–H groups in total. The molecule has 0 bridgehead atoms. The van der Waals surface area contributed by atoms with Crippen molar-refractivity contribution in [2.75, 3.05) is 13.2 Å². The molecule has 1 heterocycles. The Hall–Kier alpha value is -1.39. The lowest BCUT2D eigenvalue weighted by Gasteiger charge is -2.26. The van der Waals surface area contributed by atoms with Crippen LogP contribution in [0.1, 0.15) is 24.2 Å². The van der Waals surface area contributed by atoms with Gasteiger partial charge in [0.25, 0.3) is 0 Å². The van der Waals surface area contributed by atoms with Crippen LogP contribution in [0.15, 0.2) is 24.3 Å². The Kier molecular flexibility index (Phi) is 3.76. The van der Waals surface area contributed by atoms with Crippen LogP contribution in [0, 0.1) is 0 Å². The van der Waals surface area contributed by atoms with Crippen LogP contribution < -0.4 is 0 Å². The number of rotatable bonds is 4. The summed E-state index contributed by atoms with van der Waals surface area (Å²) in [5.74, 6) is -0.950. The highest BCUT2D eigenvalue weighted by molar-refractivity contribution is 5.71. The number of hydrogen-bond donors (Lipinski definition) is 1. The van der Waals surface area contributed by atoms with Gasteiger partial charge < -0.3 is 14.6 Å². The smallest absolute Gasteiger partial charge is 0.332 e. The third-order valence-corrected chi connectivity index (χ3v) is 2.94. The van der Waals surface area contributed by atoms with Crippen molar-refractivity contribution in [3.63, 3.8) is 0 Å². The Bertz CT molecular complexity index is 402. The van der Waals surface area contributed by atoms with Gasteiger partial charge in [-0.15, -0.1) is 0 Å². The number of carboxylic acid groups (broad SMARTS) is 1. The fourth-order valence-corrected chi connectivity index (χ4v) is 1.92. The quantitative estimate of drug-likeness (QED) is 0.866. The second-order valence-corrected chi connectivity index (χ2v) is 4.12. The molecule has 1 unspecified atom stereocenters. The zero-order valence-corrected chi connectivity index (χ0v) is 9.76. The summed E-state index contributed by atoms with van der Waals surface area (Å²) in [7, 11) is 0. The fraction of sp³-hybridized carbons (Fsp3) is 0.462. The first kappa shape index (κ1) is 12.1. The predicted octanol–water partition coefficient (Wildman–Crippen LogP) is 1.79. The molecule has 17 heavy (non-hydrogen) atoms. The monoisotopic (exact) mass is 236 g/mol. The van der Waals surface area contributed by atoms with Crippen LogP contribution in [-0.2, 0) is 20.7 Å². The van der Waals surface area contributed by atoms with Gasteiger partial charge in [0.1, 0.15) is 6.10 Å². The lowest BCUT2D eigenvalue weighted by atomic mass is 9.98. The van der Waals surface area contributed by atoms with Gasteiger partial charge in [0.15, 0.2) is 6.10 Å². The van der Waals surface area contributed by atoms with Crippen molar-refractivity contribution in [1.29, 1.82) is 0 Å². The van der Waals surface area contributed by atoms with Gasteiger partial charge in [-0.25, -0.2) is 4.79 Å². The summed E-state index contributed by atoms with van der Waals surface area (Å²) in [6.45, 7) is 2.47. The molecule has 0 saturated heterocycles. The van der Waals surface area contributed by atoms with E-state index >= 15 is 0 Å². The number of ether oxygens (including phenoxy) is 2. The van der Waals surface area contributed by atoms with Gasteiger partial charge in [0, 0.05) is 0 Å². The van der Waals surface area contributed by atoms with Crippen LogP contribution >= 0.6 is 0 Å². The highest BCUT2D eigenvalue weighted by atomic mass is 16.5. The van der Waals surface area contributed by atoms with E-state index in [-0.39, 0.29) is 12.7 Å². The molecule has 1 aromatic carbocycles. The first-order valence-corrected chi connectivity index (χ1v) is 5.72. The summed E-state index contributed by atoms with van der Waals surface area (Å²) < 4.78 is 10.9. The lowest BCUT2D eigenvalue weighted by Crippen LogP contribution is -2.26. The van der Waals surface area contributed by atoms with Gasteiger partial charge in [0.2, 0.25) is 0 Å². The standard InChI is InChI=1S/C13H16O4/c1-9(13(14)15)17-8-12-11-5-3-2-4-10(11)6-7-16-12/h2-5,9,12H,6-8H2,1H3,(H,14,15)/t9-,12?/m1/s1. The second-order valence-electron chi connectivity index (χ2n) is 4.12. The van der Waals surface area contributed by atoms with Crippen molar-refractivity contribution in [1.82, 2.24) is 0 Å². The first-order valence-electron chi connectivity index (χ1n) is 5.72. The van der Waals surface area contributed by atoms with Crippen LogP contribution in [0.5, 0.6) is 0 Å². The fourth-order valence-electron chi connectivity index (χ4n) is 1.92. The van der Waals surface area contributed by atoms with Gasteiger partial charge in [-0.3, -0.25) is 0 Å². The summed E-state index contributed by atoms with van der Waals surface area (Å²) in [6, 6.07) is 8.04. The minimum atomic E-state index is -0.950. The average molecular weight is 236 g/mol. The van der Waals surface area contributed by atoms with Gasteiger partial charge in [-0.1, -0.05) is 24.3 Å². The van der Waals surface area contributed by atoms with Crippen molar-refractivity contribution in [3.05, 3.63) is 35.4 Å². The third-order valence-electron chi connectivity index (χ3n) is 2.94. The summed E-state index contributed by atoms with van der Waals surface area (Å²) in [5.41, 5.74) is 2.37. The van der Waals surface area contributed by atoms with Crippen LogP contribution in [0.2, 0.25) is 0 Å². The molecule has 2 atom stereocenters. The maximum absolute atomic E-state index is 10.7. The largest absolute Gasteiger partial charge is 0.479 e. The van der Waals surface area contributed by atoms with E-state index < -0.39 is 12.1 Å². The molecule has 92 valence electrons. The zero-order chi connectivity index (χ0) is 12.3. The van der Waals surface area contributed by atoms with E-state index in [2.05, 4.69) is 6.07 Å². The molecule has 0 fully saturated rings. The summed E-state index contributed by atoms with van der Waals surface area (Å²) in [5, 5.41) is 8.74. The van der Waals surface area contributed by atoms with Crippen LogP contribution in [0.25, 0.3) is 0 Å². The molecule has 0 saturated carbocycles. The molecule has 0 aliphatic carbocycles. The minimum absolute atomic E-state index is 0.151. The maximum Gasteiger partial charge on any atom is 0.332 e. The van der Waals surface area contributed by atoms with E-state index in [1.807, 2.05) is 18.2 Å². The molecule has 0 amide bonds. The molecule has 1 aliphatic rings. The zero-order valence-electron chi connectivity index (χ0n) is 9.76. The summed E-state index contributed by atoms with van der Waals surface area (Å²) in [6.07, 6.45) is -0.0457. The number of benzene rings is 1. The summed E-state index contributed by atoms with van der Waals surface area (Å²) >= 11 is 0. The normalized spacial score (nSPS) is 20.6. The van der Waals surface area contributed by atoms with Gasteiger partial charge >= 0.3 is 5.97 Å². The maximum atomic E-state index is 10.7. The minimum Gasteiger partial charge on any atom is -0.479 e. The van der Waals surface area contributed by atoms with Crippen molar-refractivity contribution in [2.45, 2.75) is 25.6 Å². The molecule has 4 nitrogen and oxygen atoms in total. The van der Waals surface area contributed by atoms with Gasteiger partial charge in [-0.2, -0.15) is 0 Å². The van der Waals surface area contributed by atoms with E-state index in [0.29, 0.717) is 6.61 Å². The van der Waals surface area contributed by atoms with E-state index in [4.69, 9.17) is 14.6 Å².